The Morgan fingerprint density at radius 3 is 1.85 bits per heavy atom. The van der Waals surface area contributed by atoms with E-state index >= 15 is 0 Å². The summed E-state index contributed by atoms with van der Waals surface area (Å²) in [7, 11) is 0. The van der Waals surface area contributed by atoms with Crippen LogP contribution in [0.5, 0.6) is 0 Å². The van der Waals surface area contributed by atoms with Crippen LogP contribution in [0.15, 0.2) is 0 Å². The molecular weight excluding hydrogens is 272 g/mol. The molecule has 0 bridgehead atoms. The van der Waals surface area contributed by atoms with Gasteiger partial charge < -0.3 is 9.47 Å². The molecule has 0 amide bonds. The molecule has 0 aromatic heterocycles. The summed E-state index contributed by atoms with van der Waals surface area (Å²) in [6.45, 7) is 0. The Morgan fingerprint density at radius 2 is 1.30 bits per heavy atom. The van der Waals surface area contributed by atoms with Gasteiger partial charge in [0.15, 0.2) is 5.05 Å². The first-order valence-electron chi connectivity index (χ1n) is 8.13. The summed E-state index contributed by atoms with van der Waals surface area (Å²) in [6, 6.07) is 0. The maximum absolute atomic E-state index is 11.8. The molecule has 4 heteroatoms. The molecule has 2 rings (SSSR count). The Morgan fingerprint density at radius 1 is 0.800 bits per heavy atom. The van der Waals surface area contributed by atoms with E-state index in [0.29, 0.717) is 17.9 Å². The fourth-order valence-electron chi connectivity index (χ4n) is 3.06. The van der Waals surface area contributed by atoms with Gasteiger partial charge in [0.05, 0.1) is 12.5 Å². The molecule has 20 heavy (non-hydrogen) atoms. The SMILES string of the molecule is O=C(CCC(=S)OC1CCCCC1)OC1CCCCC1. The van der Waals surface area contributed by atoms with Crippen molar-refractivity contribution in [3.8, 4) is 0 Å². The van der Waals surface area contributed by atoms with Gasteiger partial charge in [0, 0.05) is 6.42 Å². The van der Waals surface area contributed by atoms with Gasteiger partial charge in [-0.2, -0.15) is 0 Å². The van der Waals surface area contributed by atoms with Crippen molar-refractivity contribution in [3.63, 3.8) is 0 Å². The van der Waals surface area contributed by atoms with Gasteiger partial charge in [0.1, 0.15) is 6.10 Å². The normalized spacial score (nSPS) is 21.4. The summed E-state index contributed by atoms with van der Waals surface area (Å²) < 4.78 is 11.2. The van der Waals surface area contributed by atoms with Crippen molar-refractivity contribution in [3.05, 3.63) is 0 Å². The van der Waals surface area contributed by atoms with Crippen LogP contribution in [0.3, 0.4) is 0 Å². The third-order valence-corrected chi connectivity index (χ3v) is 4.53. The van der Waals surface area contributed by atoms with Gasteiger partial charge in [-0.25, -0.2) is 0 Å². The van der Waals surface area contributed by atoms with Crippen molar-refractivity contribution >= 4 is 23.2 Å². The molecule has 0 spiro atoms. The first-order valence-corrected chi connectivity index (χ1v) is 8.54. The highest BCUT2D eigenvalue weighted by atomic mass is 32.1. The second-order valence-corrected chi connectivity index (χ2v) is 6.46. The molecule has 0 N–H and O–H groups in total. The molecule has 0 aromatic rings. The fourth-order valence-corrected chi connectivity index (χ4v) is 3.30. The quantitative estimate of drug-likeness (QED) is 0.559. The topological polar surface area (TPSA) is 35.5 Å². The molecule has 0 aliphatic heterocycles. The van der Waals surface area contributed by atoms with E-state index < -0.39 is 0 Å². The van der Waals surface area contributed by atoms with E-state index in [4.69, 9.17) is 21.7 Å². The number of hydrogen-bond acceptors (Lipinski definition) is 4. The number of hydrogen-bond donors (Lipinski definition) is 0. The highest BCUT2D eigenvalue weighted by Crippen LogP contribution is 2.22. The van der Waals surface area contributed by atoms with Gasteiger partial charge in [0.2, 0.25) is 0 Å². The maximum atomic E-state index is 11.8. The molecule has 0 saturated heterocycles. The van der Waals surface area contributed by atoms with Crippen molar-refractivity contribution < 1.29 is 14.3 Å². The molecule has 0 radical (unpaired) electrons. The van der Waals surface area contributed by atoms with E-state index in [-0.39, 0.29) is 18.2 Å². The average molecular weight is 298 g/mol. The first kappa shape index (κ1) is 15.7. The van der Waals surface area contributed by atoms with Crippen molar-refractivity contribution in [1.29, 1.82) is 0 Å². The molecule has 2 aliphatic carbocycles. The number of carbonyl (C=O) groups excluding carboxylic acids is 1. The number of rotatable bonds is 5. The van der Waals surface area contributed by atoms with Gasteiger partial charge in [-0.1, -0.05) is 12.8 Å². The van der Waals surface area contributed by atoms with Crippen molar-refractivity contribution in [2.45, 2.75) is 89.3 Å². The lowest BCUT2D eigenvalue weighted by molar-refractivity contribution is -0.150. The summed E-state index contributed by atoms with van der Waals surface area (Å²) in [5, 5.41) is 0.581. The molecule has 2 aliphatic rings. The zero-order valence-electron chi connectivity index (χ0n) is 12.3. The van der Waals surface area contributed by atoms with Crippen molar-refractivity contribution in [2.75, 3.05) is 0 Å². The predicted molar refractivity (Wildman–Crippen MR) is 82.8 cm³/mol. The molecule has 3 nitrogen and oxygen atoms in total. The largest absolute Gasteiger partial charge is 0.484 e. The van der Waals surface area contributed by atoms with Crippen LogP contribution in [0.4, 0.5) is 0 Å². The molecule has 0 aromatic carbocycles. The number of esters is 1. The summed E-state index contributed by atoms with van der Waals surface area (Å²) in [6.07, 6.45) is 13.0. The highest BCUT2D eigenvalue weighted by Gasteiger charge is 2.19. The van der Waals surface area contributed by atoms with Gasteiger partial charge in [-0.3, -0.25) is 4.79 Å². The lowest BCUT2D eigenvalue weighted by Gasteiger charge is -2.23. The third kappa shape index (κ3) is 5.78. The molecule has 0 unspecified atom stereocenters. The van der Waals surface area contributed by atoms with E-state index in [1.54, 1.807) is 0 Å². The van der Waals surface area contributed by atoms with Gasteiger partial charge in [-0.15, -0.1) is 0 Å². The minimum Gasteiger partial charge on any atom is -0.484 e. The Labute approximate surface area is 127 Å². The molecule has 0 atom stereocenters. The van der Waals surface area contributed by atoms with E-state index in [9.17, 15) is 4.79 Å². The summed E-state index contributed by atoms with van der Waals surface area (Å²) in [5.74, 6) is -0.119. The Balaban J connectivity index is 1.58. The zero-order valence-corrected chi connectivity index (χ0v) is 13.1. The smallest absolute Gasteiger partial charge is 0.306 e. The van der Waals surface area contributed by atoms with Crippen LogP contribution in [0, 0.1) is 0 Å². The lowest BCUT2D eigenvalue weighted by atomic mass is 9.98. The van der Waals surface area contributed by atoms with E-state index in [1.165, 1.54) is 38.5 Å². The second-order valence-electron chi connectivity index (χ2n) is 6.00. The second kappa shape index (κ2) is 8.60. The molecule has 2 saturated carbocycles. The zero-order chi connectivity index (χ0) is 14.2. The number of thiocarbonyl (C=S) groups is 1. The highest BCUT2D eigenvalue weighted by molar-refractivity contribution is 7.80. The van der Waals surface area contributed by atoms with Crippen LogP contribution in [0.25, 0.3) is 0 Å². The van der Waals surface area contributed by atoms with Crippen molar-refractivity contribution in [1.82, 2.24) is 0 Å². The molecular formula is C16H26O3S. The summed E-state index contributed by atoms with van der Waals surface area (Å²) in [5.41, 5.74) is 0. The number of ether oxygens (including phenoxy) is 2. The molecule has 0 heterocycles. The average Bonchev–Trinajstić information content (AvgIpc) is 2.47. The third-order valence-electron chi connectivity index (χ3n) is 4.23. The van der Waals surface area contributed by atoms with Gasteiger partial charge in [-0.05, 0) is 63.6 Å². The minimum absolute atomic E-state index is 0.119. The minimum atomic E-state index is -0.119. The van der Waals surface area contributed by atoms with Crippen LogP contribution in [-0.4, -0.2) is 23.2 Å². The fraction of sp³-hybridized carbons (Fsp3) is 0.875. The maximum Gasteiger partial charge on any atom is 0.306 e. The first-order chi connectivity index (χ1) is 9.74. The molecule has 2 fully saturated rings. The summed E-state index contributed by atoms with van der Waals surface area (Å²) >= 11 is 5.23. The van der Waals surface area contributed by atoms with Gasteiger partial charge >= 0.3 is 5.97 Å². The molecule has 114 valence electrons. The standard InChI is InChI=1S/C16H26O3S/c17-15(18-13-7-3-1-4-8-13)11-12-16(20)19-14-9-5-2-6-10-14/h13-14H,1-12H2. The van der Waals surface area contributed by atoms with Crippen LogP contribution in [0.2, 0.25) is 0 Å². The Hall–Kier alpha value is -0.640. The van der Waals surface area contributed by atoms with Crippen LogP contribution in [-0.2, 0) is 14.3 Å². The summed E-state index contributed by atoms with van der Waals surface area (Å²) in [4.78, 5) is 11.8. The monoisotopic (exact) mass is 298 g/mol. The Kier molecular flexibility index (Phi) is 6.77. The van der Waals surface area contributed by atoms with Crippen LogP contribution < -0.4 is 0 Å². The lowest BCUT2D eigenvalue weighted by Crippen LogP contribution is -2.23. The van der Waals surface area contributed by atoms with E-state index in [0.717, 1.165) is 25.7 Å². The van der Waals surface area contributed by atoms with Crippen molar-refractivity contribution in [2.24, 2.45) is 0 Å². The van der Waals surface area contributed by atoms with Gasteiger partial charge in [0.25, 0.3) is 0 Å². The van der Waals surface area contributed by atoms with Crippen LogP contribution >= 0.6 is 12.2 Å². The van der Waals surface area contributed by atoms with Crippen LogP contribution in [0.1, 0.15) is 77.0 Å². The van der Waals surface area contributed by atoms with E-state index in [1.807, 2.05) is 0 Å². The number of carbonyl (C=O) groups is 1. The van der Waals surface area contributed by atoms with E-state index in [2.05, 4.69) is 0 Å². The predicted octanol–water partition coefficient (Wildman–Crippen LogP) is 4.32. The Bertz CT molecular complexity index is 286.